The summed E-state index contributed by atoms with van der Waals surface area (Å²) >= 11 is 0. The van der Waals surface area contributed by atoms with Gasteiger partial charge in [0.1, 0.15) is 17.8 Å². The molecule has 0 aliphatic rings. The Hall–Kier alpha value is -2.29. The highest BCUT2D eigenvalue weighted by Gasteiger charge is 2.31. The Labute approximate surface area is 129 Å². The Morgan fingerprint density at radius 2 is 1.96 bits per heavy atom. The number of halogens is 3. The Morgan fingerprint density at radius 1 is 1.26 bits per heavy atom. The summed E-state index contributed by atoms with van der Waals surface area (Å²) in [5, 5.41) is 0. The van der Waals surface area contributed by atoms with Crippen LogP contribution in [0.3, 0.4) is 0 Å². The van der Waals surface area contributed by atoms with Crippen LogP contribution in [0.1, 0.15) is 21.7 Å². The zero-order chi connectivity index (χ0) is 17.3. The van der Waals surface area contributed by atoms with Crippen molar-refractivity contribution in [3.63, 3.8) is 0 Å². The standard InChI is InChI=1S/C14H11F3O5S/c1-21-13(18)9-5-11(22-7-9)8-23(19,20)12-4-2-3-10(6-12)14(15,16)17/h2-7H,8H2,1H3. The summed E-state index contributed by atoms with van der Waals surface area (Å²) in [6.45, 7) is 0. The van der Waals surface area contributed by atoms with E-state index >= 15 is 0 Å². The number of hydrogen-bond donors (Lipinski definition) is 0. The molecule has 5 nitrogen and oxygen atoms in total. The molecule has 0 fully saturated rings. The molecule has 0 atom stereocenters. The van der Waals surface area contributed by atoms with E-state index in [-0.39, 0.29) is 11.3 Å². The number of benzene rings is 1. The van der Waals surface area contributed by atoms with Gasteiger partial charge >= 0.3 is 12.1 Å². The predicted octanol–water partition coefficient (Wildman–Crippen LogP) is 3.06. The number of carbonyl (C=O) groups is 1. The van der Waals surface area contributed by atoms with Crippen LogP contribution in [0.2, 0.25) is 0 Å². The minimum absolute atomic E-state index is 0.0155. The number of furan rings is 1. The van der Waals surface area contributed by atoms with Gasteiger partial charge in [-0.05, 0) is 24.3 Å². The van der Waals surface area contributed by atoms with E-state index in [2.05, 4.69) is 4.74 Å². The molecule has 1 heterocycles. The summed E-state index contributed by atoms with van der Waals surface area (Å²) < 4.78 is 71.7. The smallest absolute Gasteiger partial charge is 0.416 e. The molecule has 0 unspecified atom stereocenters. The van der Waals surface area contributed by atoms with E-state index in [4.69, 9.17) is 4.42 Å². The number of esters is 1. The van der Waals surface area contributed by atoms with Gasteiger partial charge in [0.15, 0.2) is 9.84 Å². The molecule has 0 aliphatic heterocycles. The highest BCUT2D eigenvalue weighted by molar-refractivity contribution is 7.90. The van der Waals surface area contributed by atoms with Gasteiger partial charge in [-0.1, -0.05) is 6.07 Å². The van der Waals surface area contributed by atoms with Crippen molar-refractivity contribution in [1.82, 2.24) is 0 Å². The van der Waals surface area contributed by atoms with E-state index in [1.807, 2.05) is 0 Å². The molecule has 23 heavy (non-hydrogen) atoms. The summed E-state index contributed by atoms with van der Waals surface area (Å²) in [7, 11) is -2.91. The van der Waals surface area contributed by atoms with Gasteiger partial charge in [-0.15, -0.1) is 0 Å². The van der Waals surface area contributed by atoms with Crippen LogP contribution in [0.4, 0.5) is 13.2 Å². The van der Waals surface area contributed by atoms with Crippen molar-refractivity contribution in [2.45, 2.75) is 16.8 Å². The summed E-state index contributed by atoms with van der Waals surface area (Å²) in [5.41, 5.74) is -1.05. The molecule has 0 aliphatic carbocycles. The average molecular weight is 348 g/mol. The minimum atomic E-state index is -4.64. The van der Waals surface area contributed by atoms with E-state index in [1.165, 1.54) is 0 Å². The van der Waals surface area contributed by atoms with Crippen LogP contribution >= 0.6 is 0 Å². The fourth-order valence-corrected chi connectivity index (χ4v) is 3.10. The molecule has 2 aromatic rings. The van der Waals surface area contributed by atoms with Gasteiger partial charge < -0.3 is 9.15 Å². The third kappa shape index (κ3) is 3.92. The summed E-state index contributed by atoms with van der Waals surface area (Å²) in [5.74, 6) is -1.47. The topological polar surface area (TPSA) is 73.6 Å². The van der Waals surface area contributed by atoms with E-state index in [0.717, 1.165) is 37.6 Å². The quantitative estimate of drug-likeness (QED) is 0.794. The van der Waals surface area contributed by atoms with Crippen LogP contribution in [0.25, 0.3) is 0 Å². The lowest BCUT2D eigenvalue weighted by molar-refractivity contribution is -0.137. The van der Waals surface area contributed by atoms with Gasteiger partial charge in [0, 0.05) is 0 Å². The maximum absolute atomic E-state index is 12.6. The fraction of sp³-hybridized carbons (Fsp3) is 0.214. The first-order valence-electron chi connectivity index (χ1n) is 6.19. The first-order chi connectivity index (χ1) is 10.6. The molecule has 124 valence electrons. The maximum atomic E-state index is 12.6. The number of rotatable bonds is 4. The first kappa shape index (κ1) is 17.1. The lowest BCUT2D eigenvalue weighted by Gasteiger charge is -2.08. The van der Waals surface area contributed by atoms with Crippen LogP contribution < -0.4 is 0 Å². The molecule has 2 rings (SSSR count). The molecule has 0 saturated carbocycles. The van der Waals surface area contributed by atoms with E-state index < -0.39 is 38.2 Å². The van der Waals surface area contributed by atoms with Gasteiger partial charge in [0.25, 0.3) is 0 Å². The zero-order valence-electron chi connectivity index (χ0n) is 11.8. The van der Waals surface area contributed by atoms with Crippen molar-refractivity contribution < 1.29 is 35.5 Å². The highest BCUT2D eigenvalue weighted by Crippen LogP contribution is 2.31. The van der Waals surface area contributed by atoms with Crippen molar-refractivity contribution >= 4 is 15.8 Å². The number of methoxy groups -OCH3 is 1. The second-order valence-electron chi connectivity index (χ2n) is 4.58. The normalized spacial score (nSPS) is 12.2. The third-order valence-electron chi connectivity index (χ3n) is 2.93. The maximum Gasteiger partial charge on any atom is 0.416 e. The van der Waals surface area contributed by atoms with Gasteiger partial charge in [0.2, 0.25) is 0 Å². The lowest BCUT2D eigenvalue weighted by atomic mass is 10.2. The predicted molar refractivity (Wildman–Crippen MR) is 72.4 cm³/mol. The van der Waals surface area contributed by atoms with Crippen LogP contribution in [-0.4, -0.2) is 21.5 Å². The van der Waals surface area contributed by atoms with Crippen molar-refractivity contribution in [1.29, 1.82) is 0 Å². The van der Waals surface area contributed by atoms with Crippen molar-refractivity contribution in [2.75, 3.05) is 7.11 Å². The van der Waals surface area contributed by atoms with E-state index in [1.54, 1.807) is 0 Å². The molecule has 0 N–H and O–H groups in total. The number of alkyl halides is 3. The Bertz CT molecular complexity index is 821. The molecule has 0 saturated heterocycles. The van der Waals surface area contributed by atoms with Gasteiger partial charge in [0.05, 0.1) is 23.1 Å². The summed E-state index contributed by atoms with van der Waals surface area (Å²) in [6.07, 6.45) is -3.63. The largest absolute Gasteiger partial charge is 0.467 e. The molecule has 9 heteroatoms. The number of hydrogen-bond acceptors (Lipinski definition) is 5. The molecular formula is C14H11F3O5S. The summed E-state index contributed by atoms with van der Waals surface area (Å²) in [4.78, 5) is 10.8. The lowest BCUT2D eigenvalue weighted by Crippen LogP contribution is -2.09. The van der Waals surface area contributed by atoms with Crippen LogP contribution in [0, 0.1) is 0 Å². The highest BCUT2D eigenvalue weighted by atomic mass is 32.2. The number of sulfone groups is 1. The van der Waals surface area contributed by atoms with Crippen molar-refractivity contribution in [2.24, 2.45) is 0 Å². The molecule has 0 spiro atoms. The van der Waals surface area contributed by atoms with E-state index in [9.17, 15) is 26.4 Å². The average Bonchev–Trinajstić information content (AvgIpc) is 2.93. The monoisotopic (exact) mass is 348 g/mol. The third-order valence-corrected chi connectivity index (χ3v) is 4.56. The second kappa shape index (κ2) is 6.07. The van der Waals surface area contributed by atoms with Crippen LogP contribution in [-0.2, 0) is 26.5 Å². The van der Waals surface area contributed by atoms with Gasteiger partial charge in [-0.3, -0.25) is 0 Å². The van der Waals surface area contributed by atoms with Crippen molar-refractivity contribution in [3.8, 4) is 0 Å². The van der Waals surface area contributed by atoms with Crippen molar-refractivity contribution in [3.05, 3.63) is 53.5 Å². The van der Waals surface area contributed by atoms with Gasteiger partial charge in [-0.25, -0.2) is 13.2 Å². The Kier molecular flexibility index (Phi) is 4.51. The molecule has 1 aromatic carbocycles. The fourth-order valence-electron chi connectivity index (χ4n) is 1.82. The SMILES string of the molecule is COC(=O)c1coc(CS(=O)(=O)c2cccc(C(F)(F)F)c2)c1. The van der Waals surface area contributed by atoms with Crippen LogP contribution in [0.15, 0.2) is 45.9 Å². The molecule has 0 amide bonds. The summed E-state index contributed by atoms with van der Waals surface area (Å²) in [6, 6.07) is 4.57. The van der Waals surface area contributed by atoms with E-state index in [0.29, 0.717) is 6.07 Å². The Balaban J connectivity index is 2.29. The molecule has 0 radical (unpaired) electrons. The zero-order valence-corrected chi connectivity index (χ0v) is 12.6. The second-order valence-corrected chi connectivity index (χ2v) is 6.57. The van der Waals surface area contributed by atoms with Crippen LogP contribution in [0.5, 0.6) is 0 Å². The minimum Gasteiger partial charge on any atom is -0.467 e. The molecule has 0 bridgehead atoms. The molecule has 1 aromatic heterocycles. The first-order valence-corrected chi connectivity index (χ1v) is 7.84. The Morgan fingerprint density at radius 3 is 2.57 bits per heavy atom. The van der Waals surface area contributed by atoms with Gasteiger partial charge in [-0.2, -0.15) is 13.2 Å². The molecular weight excluding hydrogens is 337 g/mol. The number of ether oxygens (including phenoxy) is 1. The number of carbonyl (C=O) groups excluding carboxylic acids is 1.